The Morgan fingerprint density at radius 3 is 2.55 bits per heavy atom. The van der Waals surface area contributed by atoms with E-state index < -0.39 is 0 Å². The first-order valence-corrected chi connectivity index (χ1v) is 8.42. The van der Waals surface area contributed by atoms with Crippen molar-refractivity contribution in [1.82, 2.24) is 0 Å². The highest BCUT2D eigenvalue weighted by molar-refractivity contribution is 7.99. The van der Waals surface area contributed by atoms with E-state index >= 15 is 0 Å². The Balaban J connectivity index is 0.00000172. The molecule has 0 bridgehead atoms. The molecule has 1 aromatic carbocycles. The van der Waals surface area contributed by atoms with Crippen LogP contribution in [-0.2, 0) is 6.42 Å². The van der Waals surface area contributed by atoms with Crippen molar-refractivity contribution in [2.24, 2.45) is 5.73 Å². The fraction of sp³-hybridized carbons (Fsp3) is 0.625. The summed E-state index contributed by atoms with van der Waals surface area (Å²) in [5, 5.41) is 9.90. The molecule has 0 aliphatic carbocycles. The van der Waals surface area contributed by atoms with Crippen molar-refractivity contribution in [2.45, 2.75) is 57.4 Å². The molecule has 0 spiro atoms. The fourth-order valence-electron chi connectivity index (χ4n) is 1.64. The molecule has 3 N–H and O–H groups in total. The topological polar surface area (TPSA) is 46.2 Å². The first-order valence-electron chi connectivity index (χ1n) is 7.43. The van der Waals surface area contributed by atoms with Gasteiger partial charge in [-0.1, -0.05) is 26.8 Å². The van der Waals surface area contributed by atoms with Crippen LogP contribution in [0.3, 0.4) is 0 Å². The quantitative estimate of drug-likeness (QED) is 0.547. The summed E-state index contributed by atoms with van der Waals surface area (Å²) in [7, 11) is 0. The fourth-order valence-corrected chi connectivity index (χ4v) is 2.58. The van der Waals surface area contributed by atoms with Gasteiger partial charge < -0.3 is 10.8 Å². The third kappa shape index (κ3) is 7.75. The van der Waals surface area contributed by atoms with Gasteiger partial charge in [0.05, 0.1) is 6.67 Å². The molecule has 20 heavy (non-hydrogen) atoms. The summed E-state index contributed by atoms with van der Waals surface area (Å²) in [6.45, 7) is 5.79. The van der Waals surface area contributed by atoms with Crippen molar-refractivity contribution < 1.29 is 9.50 Å². The molecule has 1 aromatic rings. The second-order valence-electron chi connectivity index (χ2n) is 4.42. The molecule has 0 saturated carbocycles. The average Bonchev–Trinajstić information content (AvgIpc) is 2.47. The Morgan fingerprint density at radius 2 is 2.00 bits per heavy atom. The van der Waals surface area contributed by atoms with Crippen molar-refractivity contribution in [2.75, 3.05) is 12.4 Å². The van der Waals surface area contributed by atoms with Crippen LogP contribution in [0.4, 0.5) is 4.39 Å². The minimum Gasteiger partial charge on any atom is -0.507 e. The predicted molar refractivity (Wildman–Crippen MR) is 87.4 cm³/mol. The lowest BCUT2D eigenvalue weighted by Gasteiger charge is -2.10. The van der Waals surface area contributed by atoms with Crippen LogP contribution in [0.2, 0.25) is 0 Å². The molecule has 0 radical (unpaired) electrons. The third-order valence-corrected chi connectivity index (χ3v) is 3.98. The third-order valence-electron chi connectivity index (χ3n) is 2.83. The van der Waals surface area contributed by atoms with Crippen LogP contribution in [0.5, 0.6) is 5.75 Å². The largest absolute Gasteiger partial charge is 0.507 e. The van der Waals surface area contributed by atoms with Crippen molar-refractivity contribution in [3.05, 3.63) is 23.8 Å². The van der Waals surface area contributed by atoms with E-state index in [2.05, 4.69) is 6.92 Å². The van der Waals surface area contributed by atoms with E-state index in [1.807, 2.05) is 26.0 Å². The number of hydrogen-bond donors (Lipinski definition) is 2. The number of alkyl halides is 1. The van der Waals surface area contributed by atoms with E-state index in [1.54, 1.807) is 17.8 Å². The van der Waals surface area contributed by atoms with E-state index in [1.165, 1.54) is 0 Å². The molecule has 0 saturated heterocycles. The van der Waals surface area contributed by atoms with Crippen molar-refractivity contribution in [3.8, 4) is 5.75 Å². The molecule has 0 aliphatic heterocycles. The number of hydrogen-bond acceptors (Lipinski definition) is 3. The molecule has 0 amide bonds. The predicted octanol–water partition coefficient (Wildman–Crippen LogP) is 4.54. The second kappa shape index (κ2) is 12.0. The number of phenolic OH excluding ortho intramolecular Hbond substituents is 1. The molecule has 116 valence electrons. The van der Waals surface area contributed by atoms with Gasteiger partial charge in [-0.25, -0.2) is 0 Å². The number of phenols is 1. The van der Waals surface area contributed by atoms with Crippen LogP contribution in [0.1, 0.15) is 45.6 Å². The molecule has 2 nitrogen and oxygen atoms in total. The van der Waals surface area contributed by atoms with E-state index in [0.29, 0.717) is 12.2 Å². The van der Waals surface area contributed by atoms with Gasteiger partial charge in [-0.15, -0.1) is 11.8 Å². The highest BCUT2D eigenvalue weighted by Crippen LogP contribution is 2.30. The maximum absolute atomic E-state index is 11.9. The number of rotatable bonds is 8. The number of benzene rings is 1. The van der Waals surface area contributed by atoms with E-state index in [4.69, 9.17) is 5.73 Å². The highest BCUT2D eigenvalue weighted by Gasteiger charge is 2.06. The zero-order chi connectivity index (χ0) is 15.4. The van der Waals surface area contributed by atoms with E-state index in [9.17, 15) is 9.50 Å². The minimum absolute atomic E-state index is 0.146. The van der Waals surface area contributed by atoms with Crippen molar-refractivity contribution in [1.29, 1.82) is 0 Å². The smallest absolute Gasteiger partial charge is 0.129 e. The lowest BCUT2D eigenvalue weighted by Crippen LogP contribution is -2.21. The average molecular weight is 301 g/mol. The van der Waals surface area contributed by atoms with Crippen LogP contribution in [-0.4, -0.2) is 23.6 Å². The number of halogens is 1. The van der Waals surface area contributed by atoms with Gasteiger partial charge in [0.2, 0.25) is 0 Å². The Kier molecular flexibility index (Phi) is 11.6. The maximum atomic E-state index is 11.9. The van der Waals surface area contributed by atoms with Gasteiger partial charge in [-0.05, 0) is 49.1 Å². The Labute approximate surface area is 127 Å². The lowest BCUT2D eigenvalue weighted by molar-refractivity contribution is 0.461. The summed E-state index contributed by atoms with van der Waals surface area (Å²) < 4.78 is 11.9. The van der Waals surface area contributed by atoms with Gasteiger partial charge in [0.1, 0.15) is 5.75 Å². The maximum Gasteiger partial charge on any atom is 0.129 e. The monoisotopic (exact) mass is 301 g/mol. The summed E-state index contributed by atoms with van der Waals surface area (Å²) in [5.74, 6) is 1.15. The summed E-state index contributed by atoms with van der Waals surface area (Å²) in [6, 6.07) is 5.86. The van der Waals surface area contributed by atoms with Gasteiger partial charge in [-0.2, -0.15) is 0 Å². The summed E-state index contributed by atoms with van der Waals surface area (Å²) >= 11 is 1.57. The van der Waals surface area contributed by atoms with Crippen molar-refractivity contribution in [3.63, 3.8) is 0 Å². The normalized spacial score (nSPS) is 11.7. The molecular weight excluding hydrogens is 273 g/mol. The first kappa shape index (κ1) is 19.3. The van der Waals surface area contributed by atoms with Crippen LogP contribution in [0.25, 0.3) is 0 Å². The van der Waals surface area contributed by atoms with Gasteiger partial charge in [0, 0.05) is 10.9 Å². The summed E-state index contributed by atoms with van der Waals surface area (Å²) in [4.78, 5) is 0.864. The molecule has 1 rings (SSSR count). The minimum atomic E-state index is -0.264. The number of nitrogens with two attached hydrogens (primary N) is 1. The van der Waals surface area contributed by atoms with Crippen LogP contribution >= 0.6 is 11.8 Å². The number of aromatic hydroxyl groups is 1. The van der Waals surface area contributed by atoms with Crippen LogP contribution in [0.15, 0.2) is 23.1 Å². The van der Waals surface area contributed by atoms with Crippen LogP contribution < -0.4 is 5.73 Å². The summed E-state index contributed by atoms with van der Waals surface area (Å²) in [5.41, 5.74) is 6.95. The second-order valence-corrected chi connectivity index (χ2v) is 5.56. The van der Waals surface area contributed by atoms with Gasteiger partial charge in [0.15, 0.2) is 0 Å². The molecule has 0 aliphatic rings. The zero-order valence-corrected chi connectivity index (χ0v) is 13.7. The molecule has 0 aromatic heterocycles. The Morgan fingerprint density at radius 1 is 1.30 bits per heavy atom. The lowest BCUT2D eigenvalue weighted by atomic mass is 10.0. The molecule has 0 heterocycles. The first-order chi connectivity index (χ1) is 9.67. The summed E-state index contributed by atoms with van der Waals surface area (Å²) in [6.07, 6.45) is 3.15. The highest BCUT2D eigenvalue weighted by atomic mass is 32.2. The van der Waals surface area contributed by atoms with Gasteiger partial charge >= 0.3 is 0 Å². The van der Waals surface area contributed by atoms with E-state index in [0.717, 1.165) is 35.5 Å². The molecule has 0 fully saturated rings. The molecular formula is C16H28FNOS. The molecule has 1 unspecified atom stereocenters. The number of thioether (sulfide) groups is 1. The van der Waals surface area contributed by atoms with Crippen molar-refractivity contribution >= 4 is 11.8 Å². The molecule has 4 heteroatoms. The number of unbranched alkanes of at least 4 members (excludes halogenated alkanes) is 1. The van der Waals surface area contributed by atoms with Gasteiger partial charge in [-0.3, -0.25) is 4.39 Å². The standard InChI is InChI=1S/C14H22FNOS.C2H6/c1-2-12(16)9-11-5-6-14(13(17)10-11)18-8-4-3-7-15;1-2/h5-6,10,12,17H,2-4,7-9,16H2,1H3;1-2H3. The van der Waals surface area contributed by atoms with Crippen LogP contribution in [0, 0.1) is 0 Å². The van der Waals surface area contributed by atoms with E-state index in [-0.39, 0.29) is 12.7 Å². The zero-order valence-electron chi connectivity index (χ0n) is 12.9. The van der Waals surface area contributed by atoms with Gasteiger partial charge in [0.25, 0.3) is 0 Å². The Bertz CT molecular complexity index is 360. The Hall–Kier alpha value is -0.740. The SMILES string of the molecule is CC.CCC(N)Cc1ccc(SCCCCF)c(O)c1. The molecule has 1 atom stereocenters.